The maximum absolute atomic E-state index is 5.87. The van der Waals surface area contributed by atoms with Crippen LogP contribution in [0.5, 0.6) is 17.2 Å². The Labute approximate surface area is 152 Å². The molecule has 3 nitrogen and oxygen atoms in total. The maximum Gasteiger partial charge on any atom is 0.199 e. The highest BCUT2D eigenvalue weighted by Gasteiger charge is 2.15. The van der Waals surface area contributed by atoms with Crippen LogP contribution in [0.3, 0.4) is 0 Å². The highest BCUT2D eigenvalue weighted by atomic mass is 127. The average Bonchev–Trinajstić information content (AvgIpc) is 2.53. The Morgan fingerprint density at radius 3 is 2.50 bits per heavy atom. The quantitative estimate of drug-likeness (QED) is 0.528. The summed E-state index contributed by atoms with van der Waals surface area (Å²) in [5.74, 6) is 2.38. The van der Waals surface area contributed by atoms with Gasteiger partial charge in [-0.2, -0.15) is 0 Å². The number of hydrogen-bond donors (Lipinski definition) is 0. The molecule has 1 atom stereocenters. The van der Waals surface area contributed by atoms with Gasteiger partial charge < -0.3 is 14.2 Å². The zero-order valence-electron chi connectivity index (χ0n) is 11.9. The monoisotopic (exact) mass is 474 g/mol. The summed E-state index contributed by atoms with van der Waals surface area (Å²) in [6.07, 6.45) is 3.11. The van der Waals surface area contributed by atoms with E-state index in [4.69, 9.17) is 14.2 Å². The van der Waals surface area contributed by atoms with E-state index in [2.05, 4.69) is 38.5 Å². The Balaban J connectivity index is 1.63. The van der Waals surface area contributed by atoms with E-state index >= 15 is 0 Å². The topological polar surface area (TPSA) is 27.7 Å². The van der Waals surface area contributed by atoms with Gasteiger partial charge in [0.2, 0.25) is 0 Å². The molecule has 0 amide bonds. The van der Waals surface area contributed by atoms with Crippen molar-refractivity contribution in [1.29, 1.82) is 0 Å². The molecule has 0 bridgehead atoms. The molecule has 1 fully saturated rings. The van der Waals surface area contributed by atoms with E-state index in [-0.39, 0.29) is 6.29 Å². The molecule has 116 valence electrons. The molecule has 0 spiro atoms. The van der Waals surface area contributed by atoms with Gasteiger partial charge in [0.1, 0.15) is 17.2 Å². The van der Waals surface area contributed by atoms with Crippen molar-refractivity contribution >= 4 is 38.5 Å². The van der Waals surface area contributed by atoms with Gasteiger partial charge >= 0.3 is 0 Å². The van der Waals surface area contributed by atoms with Gasteiger partial charge in [-0.25, -0.2) is 0 Å². The SMILES string of the molecule is Brc1cc(I)ccc1Oc1ccc(OC2CCCCO2)cc1. The molecule has 2 aromatic carbocycles. The lowest BCUT2D eigenvalue weighted by molar-refractivity contribution is -0.105. The van der Waals surface area contributed by atoms with Gasteiger partial charge in [0.15, 0.2) is 6.29 Å². The molecule has 1 heterocycles. The van der Waals surface area contributed by atoms with Crippen molar-refractivity contribution in [2.24, 2.45) is 0 Å². The smallest absolute Gasteiger partial charge is 0.199 e. The zero-order valence-corrected chi connectivity index (χ0v) is 15.7. The number of halogens is 2. The van der Waals surface area contributed by atoms with Gasteiger partial charge in [-0.1, -0.05) is 0 Å². The fourth-order valence-corrected chi connectivity index (χ4v) is 3.61. The minimum Gasteiger partial charge on any atom is -0.465 e. The molecule has 1 unspecified atom stereocenters. The number of hydrogen-bond acceptors (Lipinski definition) is 3. The second kappa shape index (κ2) is 7.66. The van der Waals surface area contributed by atoms with Crippen molar-refractivity contribution in [3.8, 4) is 17.2 Å². The largest absolute Gasteiger partial charge is 0.465 e. The summed E-state index contributed by atoms with van der Waals surface area (Å²) in [5.41, 5.74) is 0. The third kappa shape index (κ3) is 4.36. The molecule has 1 saturated heterocycles. The Bertz CT molecular complexity index is 624. The minimum absolute atomic E-state index is 0.120. The van der Waals surface area contributed by atoms with Crippen LogP contribution in [-0.2, 0) is 4.74 Å². The fourth-order valence-electron chi connectivity index (χ4n) is 2.23. The molecule has 3 rings (SSSR count). The standard InChI is InChI=1S/C17H16BrIO3/c18-15-11-12(19)4-9-16(15)21-13-5-7-14(8-6-13)22-17-3-1-2-10-20-17/h4-9,11,17H,1-3,10H2. The molecule has 1 aliphatic rings. The van der Waals surface area contributed by atoms with E-state index in [1.165, 1.54) is 0 Å². The number of ether oxygens (including phenoxy) is 3. The summed E-state index contributed by atoms with van der Waals surface area (Å²) in [5, 5.41) is 0. The predicted molar refractivity (Wildman–Crippen MR) is 97.6 cm³/mol. The molecule has 0 aliphatic carbocycles. The van der Waals surface area contributed by atoms with E-state index < -0.39 is 0 Å². The van der Waals surface area contributed by atoms with Gasteiger partial charge in [0.05, 0.1) is 11.1 Å². The van der Waals surface area contributed by atoms with Crippen LogP contribution in [0.2, 0.25) is 0 Å². The van der Waals surface area contributed by atoms with Gasteiger partial charge in [-0.05, 0) is 93.8 Å². The van der Waals surface area contributed by atoms with Crippen molar-refractivity contribution in [1.82, 2.24) is 0 Å². The van der Waals surface area contributed by atoms with Crippen molar-refractivity contribution < 1.29 is 14.2 Å². The first-order valence-electron chi connectivity index (χ1n) is 7.22. The average molecular weight is 475 g/mol. The van der Waals surface area contributed by atoms with Crippen LogP contribution >= 0.6 is 38.5 Å². The lowest BCUT2D eigenvalue weighted by Crippen LogP contribution is -2.24. The molecule has 2 aromatic rings. The van der Waals surface area contributed by atoms with E-state index in [9.17, 15) is 0 Å². The molecule has 0 aromatic heterocycles. The van der Waals surface area contributed by atoms with Crippen molar-refractivity contribution in [2.75, 3.05) is 6.61 Å². The summed E-state index contributed by atoms with van der Waals surface area (Å²) in [6.45, 7) is 0.784. The van der Waals surface area contributed by atoms with Crippen molar-refractivity contribution in [3.05, 3.63) is 50.5 Å². The molecule has 5 heteroatoms. The van der Waals surface area contributed by atoms with Crippen LogP contribution in [0.4, 0.5) is 0 Å². The first kappa shape index (κ1) is 16.1. The summed E-state index contributed by atoms with van der Waals surface area (Å²) in [7, 11) is 0. The van der Waals surface area contributed by atoms with Crippen LogP contribution in [0.25, 0.3) is 0 Å². The zero-order chi connectivity index (χ0) is 15.4. The number of benzene rings is 2. The Morgan fingerprint density at radius 1 is 1.05 bits per heavy atom. The van der Waals surface area contributed by atoms with Crippen molar-refractivity contribution in [3.63, 3.8) is 0 Å². The Morgan fingerprint density at radius 2 is 1.82 bits per heavy atom. The third-order valence-corrected chi connectivity index (χ3v) is 4.64. The van der Waals surface area contributed by atoms with Crippen LogP contribution in [-0.4, -0.2) is 12.9 Å². The summed E-state index contributed by atoms with van der Waals surface area (Å²) < 4.78 is 19.4. The summed E-state index contributed by atoms with van der Waals surface area (Å²) in [6, 6.07) is 13.6. The van der Waals surface area contributed by atoms with Crippen LogP contribution in [0, 0.1) is 3.57 Å². The maximum atomic E-state index is 5.87. The lowest BCUT2D eigenvalue weighted by Gasteiger charge is -2.23. The lowest BCUT2D eigenvalue weighted by atomic mass is 10.2. The predicted octanol–water partition coefficient (Wildman–Crippen LogP) is 5.75. The van der Waals surface area contributed by atoms with Gasteiger partial charge in [-0.3, -0.25) is 0 Å². The summed E-state index contributed by atoms with van der Waals surface area (Å²) >= 11 is 5.78. The molecule has 0 saturated carbocycles. The van der Waals surface area contributed by atoms with Gasteiger partial charge in [0.25, 0.3) is 0 Å². The molecule has 22 heavy (non-hydrogen) atoms. The third-order valence-electron chi connectivity index (χ3n) is 3.35. The minimum atomic E-state index is -0.120. The van der Waals surface area contributed by atoms with Crippen LogP contribution in [0.15, 0.2) is 46.9 Å². The fraction of sp³-hybridized carbons (Fsp3) is 0.294. The normalized spacial score (nSPS) is 18.0. The summed E-state index contributed by atoms with van der Waals surface area (Å²) in [4.78, 5) is 0. The van der Waals surface area contributed by atoms with E-state index in [0.717, 1.165) is 51.2 Å². The van der Waals surface area contributed by atoms with E-state index in [1.54, 1.807) is 0 Å². The van der Waals surface area contributed by atoms with E-state index in [0.29, 0.717) is 0 Å². The van der Waals surface area contributed by atoms with Crippen LogP contribution < -0.4 is 9.47 Å². The van der Waals surface area contributed by atoms with Gasteiger partial charge in [-0.15, -0.1) is 0 Å². The van der Waals surface area contributed by atoms with E-state index in [1.807, 2.05) is 42.5 Å². The molecule has 0 radical (unpaired) electrons. The van der Waals surface area contributed by atoms with Crippen LogP contribution in [0.1, 0.15) is 19.3 Å². The first-order chi connectivity index (χ1) is 10.7. The Hall–Kier alpha value is -0.790. The molecular weight excluding hydrogens is 459 g/mol. The Kier molecular flexibility index (Phi) is 5.60. The highest BCUT2D eigenvalue weighted by molar-refractivity contribution is 14.1. The first-order valence-corrected chi connectivity index (χ1v) is 9.09. The second-order valence-electron chi connectivity index (χ2n) is 5.06. The number of rotatable bonds is 4. The second-order valence-corrected chi connectivity index (χ2v) is 7.16. The van der Waals surface area contributed by atoms with Crippen molar-refractivity contribution in [2.45, 2.75) is 25.6 Å². The molecule has 1 aliphatic heterocycles. The van der Waals surface area contributed by atoms with Gasteiger partial charge in [0, 0.05) is 9.99 Å². The highest BCUT2D eigenvalue weighted by Crippen LogP contribution is 2.32. The molecular formula is C17H16BrIO3. The molecule has 0 N–H and O–H groups in total.